The Morgan fingerprint density at radius 1 is 1.53 bits per heavy atom. The summed E-state index contributed by atoms with van der Waals surface area (Å²) in [5.41, 5.74) is 1.03. The van der Waals surface area contributed by atoms with E-state index in [2.05, 4.69) is 15.7 Å². The van der Waals surface area contributed by atoms with Crippen LogP contribution in [0, 0.1) is 5.92 Å². The van der Waals surface area contributed by atoms with Gasteiger partial charge < -0.3 is 10.6 Å². The summed E-state index contributed by atoms with van der Waals surface area (Å²) in [6.07, 6.45) is 5.81. The summed E-state index contributed by atoms with van der Waals surface area (Å²) >= 11 is 0. The minimum absolute atomic E-state index is 0. The van der Waals surface area contributed by atoms with Crippen LogP contribution in [-0.2, 0) is 18.4 Å². The molecule has 2 rings (SSSR count). The van der Waals surface area contributed by atoms with Crippen LogP contribution in [-0.4, -0.2) is 28.8 Å². The van der Waals surface area contributed by atoms with Gasteiger partial charge in [0.2, 0.25) is 5.91 Å². The number of rotatable bonds is 5. The molecule has 1 aliphatic heterocycles. The van der Waals surface area contributed by atoms with Gasteiger partial charge in [0.25, 0.3) is 0 Å². The minimum atomic E-state index is 0. The second-order valence-corrected chi connectivity index (χ2v) is 4.95. The van der Waals surface area contributed by atoms with E-state index in [0.717, 1.165) is 25.2 Å². The SMILES string of the molecule is Cl.Cn1nccc1CNC(=O)CCC1CCNCC1. The second kappa shape index (κ2) is 8.17. The van der Waals surface area contributed by atoms with Crippen LogP contribution in [0.2, 0.25) is 0 Å². The molecule has 0 spiro atoms. The first-order valence-corrected chi connectivity index (χ1v) is 6.70. The number of aryl methyl sites for hydroxylation is 1. The molecule has 1 aromatic heterocycles. The molecule has 0 radical (unpaired) electrons. The molecule has 0 unspecified atom stereocenters. The summed E-state index contributed by atoms with van der Waals surface area (Å²) in [6.45, 7) is 2.77. The molecule has 1 fully saturated rings. The van der Waals surface area contributed by atoms with Crippen molar-refractivity contribution in [3.8, 4) is 0 Å². The lowest BCUT2D eigenvalue weighted by molar-refractivity contribution is -0.121. The van der Waals surface area contributed by atoms with Crippen molar-refractivity contribution in [2.75, 3.05) is 13.1 Å². The normalized spacial score (nSPS) is 15.8. The fourth-order valence-corrected chi connectivity index (χ4v) is 2.36. The third-order valence-corrected chi connectivity index (χ3v) is 3.63. The molecule has 0 saturated carbocycles. The largest absolute Gasteiger partial charge is 0.350 e. The molecule has 19 heavy (non-hydrogen) atoms. The Kier molecular flexibility index (Phi) is 6.87. The van der Waals surface area contributed by atoms with Crippen molar-refractivity contribution in [1.82, 2.24) is 20.4 Å². The fourth-order valence-electron chi connectivity index (χ4n) is 2.36. The van der Waals surface area contributed by atoms with E-state index in [9.17, 15) is 4.79 Å². The molecule has 0 aromatic carbocycles. The Bertz CT molecular complexity index is 388. The van der Waals surface area contributed by atoms with Gasteiger partial charge in [-0.25, -0.2) is 0 Å². The molecular weight excluding hydrogens is 264 g/mol. The zero-order chi connectivity index (χ0) is 12.8. The van der Waals surface area contributed by atoms with Crippen molar-refractivity contribution in [1.29, 1.82) is 0 Å². The lowest BCUT2D eigenvalue weighted by Crippen LogP contribution is -2.29. The molecule has 6 heteroatoms. The highest BCUT2D eigenvalue weighted by molar-refractivity contribution is 5.85. The number of halogens is 1. The summed E-state index contributed by atoms with van der Waals surface area (Å²) in [5, 5.41) is 10.4. The highest BCUT2D eigenvalue weighted by Crippen LogP contribution is 2.17. The highest BCUT2D eigenvalue weighted by atomic mass is 35.5. The quantitative estimate of drug-likeness (QED) is 0.856. The van der Waals surface area contributed by atoms with Gasteiger partial charge in [-0.05, 0) is 44.3 Å². The molecule has 1 aliphatic rings. The van der Waals surface area contributed by atoms with Crippen LogP contribution < -0.4 is 10.6 Å². The van der Waals surface area contributed by atoms with Crippen LogP contribution in [0.15, 0.2) is 12.3 Å². The third-order valence-electron chi connectivity index (χ3n) is 3.63. The van der Waals surface area contributed by atoms with Gasteiger partial charge in [-0.3, -0.25) is 9.48 Å². The van der Waals surface area contributed by atoms with Gasteiger partial charge in [-0.1, -0.05) is 0 Å². The second-order valence-electron chi connectivity index (χ2n) is 4.95. The first-order valence-electron chi connectivity index (χ1n) is 6.70. The Hall–Kier alpha value is -1.07. The monoisotopic (exact) mass is 286 g/mol. The van der Waals surface area contributed by atoms with E-state index in [4.69, 9.17) is 0 Å². The summed E-state index contributed by atoms with van der Waals surface area (Å²) in [5.74, 6) is 0.864. The molecule has 1 aromatic rings. The lowest BCUT2D eigenvalue weighted by atomic mass is 9.93. The van der Waals surface area contributed by atoms with Crippen molar-refractivity contribution >= 4 is 18.3 Å². The molecule has 5 nitrogen and oxygen atoms in total. The van der Waals surface area contributed by atoms with Gasteiger partial charge in [0.1, 0.15) is 0 Å². The van der Waals surface area contributed by atoms with E-state index in [1.165, 1.54) is 12.8 Å². The van der Waals surface area contributed by atoms with Gasteiger partial charge in [-0.2, -0.15) is 5.10 Å². The molecule has 108 valence electrons. The van der Waals surface area contributed by atoms with Crippen LogP contribution in [0.1, 0.15) is 31.4 Å². The van der Waals surface area contributed by atoms with Crippen molar-refractivity contribution in [3.05, 3.63) is 18.0 Å². The smallest absolute Gasteiger partial charge is 0.220 e. The number of carbonyl (C=O) groups is 1. The van der Waals surface area contributed by atoms with E-state index < -0.39 is 0 Å². The number of hydrogen-bond acceptors (Lipinski definition) is 3. The topological polar surface area (TPSA) is 59.0 Å². The number of hydrogen-bond donors (Lipinski definition) is 2. The number of nitrogens with zero attached hydrogens (tertiary/aromatic N) is 2. The number of aromatic nitrogens is 2. The predicted octanol–water partition coefficient (Wildman–Crippen LogP) is 1.24. The molecule has 2 heterocycles. The van der Waals surface area contributed by atoms with Crippen LogP contribution >= 0.6 is 12.4 Å². The summed E-state index contributed by atoms with van der Waals surface area (Å²) in [4.78, 5) is 11.7. The Morgan fingerprint density at radius 3 is 2.89 bits per heavy atom. The van der Waals surface area contributed by atoms with Crippen LogP contribution in [0.3, 0.4) is 0 Å². The van der Waals surface area contributed by atoms with Gasteiger partial charge in [0.05, 0.1) is 12.2 Å². The number of piperidine rings is 1. The van der Waals surface area contributed by atoms with Gasteiger partial charge >= 0.3 is 0 Å². The van der Waals surface area contributed by atoms with E-state index in [1.807, 2.05) is 13.1 Å². The van der Waals surface area contributed by atoms with E-state index >= 15 is 0 Å². The van der Waals surface area contributed by atoms with Gasteiger partial charge in [-0.15, -0.1) is 12.4 Å². The zero-order valence-corrected chi connectivity index (χ0v) is 12.2. The van der Waals surface area contributed by atoms with E-state index in [-0.39, 0.29) is 18.3 Å². The molecule has 0 bridgehead atoms. The lowest BCUT2D eigenvalue weighted by Gasteiger charge is -2.22. The number of nitrogens with one attached hydrogen (secondary N) is 2. The Balaban J connectivity index is 0.00000180. The molecule has 1 saturated heterocycles. The summed E-state index contributed by atoms with van der Waals surface area (Å²) in [6, 6.07) is 1.92. The summed E-state index contributed by atoms with van der Waals surface area (Å²) < 4.78 is 1.78. The summed E-state index contributed by atoms with van der Waals surface area (Å²) in [7, 11) is 1.89. The minimum Gasteiger partial charge on any atom is -0.350 e. The maximum Gasteiger partial charge on any atom is 0.220 e. The average molecular weight is 287 g/mol. The molecular formula is C13H23ClN4O. The molecule has 0 aliphatic carbocycles. The van der Waals surface area contributed by atoms with Crippen molar-refractivity contribution in [3.63, 3.8) is 0 Å². The van der Waals surface area contributed by atoms with Crippen LogP contribution in [0.4, 0.5) is 0 Å². The first-order chi connectivity index (χ1) is 8.75. The third kappa shape index (κ3) is 5.20. The molecule has 2 N–H and O–H groups in total. The Morgan fingerprint density at radius 2 is 2.26 bits per heavy atom. The Labute approximate surface area is 120 Å². The fraction of sp³-hybridized carbons (Fsp3) is 0.692. The molecule has 0 atom stereocenters. The van der Waals surface area contributed by atoms with Crippen molar-refractivity contribution in [2.45, 2.75) is 32.2 Å². The maximum absolute atomic E-state index is 11.7. The maximum atomic E-state index is 11.7. The predicted molar refractivity (Wildman–Crippen MR) is 77.1 cm³/mol. The van der Waals surface area contributed by atoms with E-state index in [0.29, 0.717) is 18.9 Å². The standard InChI is InChI=1S/C13H22N4O.ClH/c1-17-12(6-9-16-17)10-15-13(18)3-2-11-4-7-14-8-5-11;/h6,9,11,14H,2-5,7-8,10H2,1H3,(H,15,18);1H. The van der Waals surface area contributed by atoms with Crippen molar-refractivity contribution in [2.24, 2.45) is 13.0 Å². The zero-order valence-electron chi connectivity index (χ0n) is 11.4. The van der Waals surface area contributed by atoms with E-state index in [1.54, 1.807) is 10.9 Å². The van der Waals surface area contributed by atoms with Crippen LogP contribution in [0.25, 0.3) is 0 Å². The van der Waals surface area contributed by atoms with Crippen molar-refractivity contribution < 1.29 is 4.79 Å². The average Bonchev–Trinajstić information content (AvgIpc) is 2.81. The molecule has 1 amide bonds. The first kappa shape index (κ1) is 16.0. The number of carbonyl (C=O) groups excluding carboxylic acids is 1. The number of amides is 1. The van der Waals surface area contributed by atoms with Gasteiger partial charge in [0, 0.05) is 19.7 Å². The van der Waals surface area contributed by atoms with Crippen LogP contribution in [0.5, 0.6) is 0 Å². The van der Waals surface area contributed by atoms with Gasteiger partial charge in [0.15, 0.2) is 0 Å². The highest BCUT2D eigenvalue weighted by Gasteiger charge is 2.14.